The van der Waals surface area contributed by atoms with Crippen LogP contribution >= 0.6 is 0 Å². The van der Waals surface area contributed by atoms with Gasteiger partial charge >= 0.3 is 0 Å². The van der Waals surface area contributed by atoms with Crippen molar-refractivity contribution in [1.29, 1.82) is 0 Å². The number of benzene rings is 1. The Balaban J connectivity index is 2.34. The van der Waals surface area contributed by atoms with Crippen LogP contribution in [0.3, 0.4) is 0 Å². The van der Waals surface area contributed by atoms with E-state index in [4.69, 9.17) is 4.74 Å². The summed E-state index contributed by atoms with van der Waals surface area (Å²) in [6, 6.07) is 8.18. The Morgan fingerprint density at radius 1 is 1.24 bits per heavy atom. The predicted octanol–water partition coefficient (Wildman–Crippen LogP) is 3.49. The van der Waals surface area contributed by atoms with E-state index in [2.05, 4.69) is 36.5 Å². The Morgan fingerprint density at radius 3 is 2.88 bits per heavy atom. The van der Waals surface area contributed by atoms with E-state index in [-0.39, 0.29) is 0 Å². The average molecular weight is 233 g/mol. The van der Waals surface area contributed by atoms with Crippen LogP contribution in [-0.2, 0) is 0 Å². The molecule has 0 saturated heterocycles. The SMILES string of the molecule is CCCNCCC=Cc1cccc(OCC)c1. The molecule has 1 rings (SSSR count). The van der Waals surface area contributed by atoms with Gasteiger partial charge in [0, 0.05) is 0 Å². The first-order valence-electron chi connectivity index (χ1n) is 6.47. The number of nitrogens with one attached hydrogen (secondary N) is 1. The Bertz CT molecular complexity index is 333. The van der Waals surface area contributed by atoms with Crippen molar-refractivity contribution in [2.75, 3.05) is 19.7 Å². The molecule has 0 fully saturated rings. The fourth-order valence-corrected chi connectivity index (χ4v) is 1.58. The Hall–Kier alpha value is -1.28. The molecule has 1 aromatic rings. The van der Waals surface area contributed by atoms with Crippen LogP contribution in [-0.4, -0.2) is 19.7 Å². The summed E-state index contributed by atoms with van der Waals surface area (Å²) in [6.45, 7) is 7.06. The third-order valence-corrected chi connectivity index (χ3v) is 2.39. The van der Waals surface area contributed by atoms with E-state index >= 15 is 0 Å². The lowest BCUT2D eigenvalue weighted by atomic mass is 10.2. The van der Waals surface area contributed by atoms with Gasteiger partial charge < -0.3 is 10.1 Å². The largest absolute Gasteiger partial charge is 0.494 e. The van der Waals surface area contributed by atoms with Gasteiger partial charge in [0.2, 0.25) is 0 Å². The van der Waals surface area contributed by atoms with E-state index < -0.39 is 0 Å². The summed E-state index contributed by atoms with van der Waals surface area (Å²) in [7, 11) is 0. The molecule has 2 heteroatoms. The van der Waals surface area contributed by atoms with Crippen molar-refractivity contribution in [1.82, 2.24) is 5.32 Å². The average Bonchev–Trinajstić information content (AvgIpc) is 2.35. The number of rotatable bonds is 8. The van der Waals surface area contributed by atoms with Crippen LogP contribution in [0.1, 0.15) is 32.3 Å². The third kappa shape index (κ3) is 6.12. The van der Waals surface area contributed by atoms with Gasteiger partial charge in [0.05, 0.1) is 6.61 Å². The molecule has 0 saturated carbocycles. The molecule has 17 heavy (non-hydrogen) atoms. The summed E-state index contributed by atoms with van der Waals surface area (Å²) in [5, 5.41) is 3.38. The van der Waals surface area contributed by atoms with E-state index in [0.29, 0.717) is 6.61 Å². The minimum Gasteiger partial charge on any atom is -0.494 e. The van der Waals surface area contributed by atoms with Crippen molar-refractivity contribution in [2.45, 2.75) is 26.7 Å². The molecule has 94 valence electrons. The molecule has 0 heterocycles. The van der Waals surface area contributed by atoms with E-state index in [1.54, 1.807) is 0 Å². The van der Waals surface area contributed by atoms with Gasteiger partial charge in [-0.2, -0.15) is 0 Å². The minimum atomic E-state index is 0.716. The summed E-state index contributed by atoms with van der Waals surface area (Å²) in [5.74, 6) is 0.943. The highest BCUT2D eigenvalue weighted by molar-refractivity contribution is 5.51. The highest BCUT2D eigenvalue weighted by Crippen LogP contribution is 2.14. The molecular weight excluding hydrogens is 210 g/mol. The summed E-state index contributed by atoms with van der Waals surface area (Å²) in [5.41, 5.74) is 1.20. The zero-order chi connectivity index (χ0) is 12.3. The molecule has 0 unspecified atom stereocenters. The lowest BCUT2D eigenvalue weighted by Gasteiger charge is -2.03. The van der Waals surface area contributed by atoms with Crippen molar-refractivity contribution >= 4 is 6.08 Å². The summed E-state index contributed by atoms with van der Waals surface area (Å²) >= 11 is 0. The molecule has 0 atom stereocenters. The van der Waals surface area contributed by atoms with Crippen LogP contribution in [0.2, 0.25) is 0 Å². The van der Waals surface area contributed by atoms with Crippen LogP contribution in [0.15, 0.2) is 30.3 Å². The van der Waals surface area contributed by atoms with E-state index in [9.17, 15) is 0 Å². The first-order valence-corrected chi connectivity index (χ1v) is 6.47. The molecule has 1 N–H and O–H groups in total. The molecule has 0 bridgehead atoms. The third-order valence-electron chi connectivity index (χ3n) is 2.39. The number of hydrogen-bond acceptors (Lipinski definition) is 2. The predicted molar refractivity (Wildman–Crippen MR) is 74.4 cm³/mol. The van der Waals surface area contributed by atoms with Gasteiger partial charge in [-0.05, 0) is 50.6 Å². The van der Waals surface area contributed by atoms with Crippen molar-refractivity contribution in [3.8, 4) is 5.75 Å². The first kappa shape index (κ1) is 13.8. The molecule has 0 amide bonds. The van der Waals surface area contributed by atoms with E-state index in [1.807, 2.05) is 19.1 Å². The molecule has 0 aliphatic heterocycles. The lowest BCUT2D eigenvalue weighted by Crippen LogP contribution is -2.14. The van der Waals surface area contributed by atoms with Crippen LogP contribution in [0.5, 0.6) is 5.75 Å². The van der Waals surface area contributed by atoms with Gasteiger partial charge in [-0.15, -0.1) is 0 Å². The molecular formula is C15H23NO. The van der Waals surface area contributed by atoms with Crippen LogP contribution in [0, 0.1) is 0 Å². The molecule has 2 nitrogen and oxygen atoms in total. The molecule has 1 aromatic carbocycles. The Kier molecular flexibility index (Phi) is 7.15. The van der Waals surface area contributed by atoms with Crippen molar-refractivity contribution < 1.29 is 4.74 Å². The zero-order valence-electron chi connectivity index (χ0n) is 10.9. The van der Waals surface area contributed by atoms with Gasteiger partial charge in [0.15, 0.2) is 0 Å². The molecule has 0 aromatic heterocycles. The van der Waals surface area contributed by atoms with Crippen molar-refractivity contribution in [2.24, 2.45) is 0 Å². The highest BCUT2D eigenvalue weighted by atomic mass is 16.5. The monoisotopic (exact) mass is 233 g/mol. The second-order valence-corrected chi connectivity index (χ2v) is 3.95. The van der Waals surface area contributed by atoms with Crippen LogP contribution < -0.4 is 10.1 Å². The first-order chi connectivity index (χ1) is 8.36. The maximum Gasteiger partial charge on any atom is 0.119 e. The zero-order valence-corrected chi connectivity index (χ0v) is 10.9. The van der Waals surface area contributed by atoms with Gasteiger partial charge in [-0.3, -0.25) is 0 Å². The van der Waals surface area contributed by atoms with Gasteiger partial charge in [-0.1, -0.05) is 31.2 Å². The fraction of sp³-hybridized carbons (Fsp3) is 0.467. The van der Waals surface area contributed by atoms with E-state index in [0.717, 1.165) is 25.3 Å². The van der Waals surface area contributed by atoms with E-state index in [1.165, 1.54) is 12.0 Å². The summed E-state index contributed by atoms with van der Waals surface area (Å²) < 4.78 is 5.46. The van der Waals surface area contributed by atoms with Gasteiger partial charge in [0.1, 0.15) is 5.75 Å². The van der Waals surface area contributed by atoms with Crippen LogP contribution in [0.25, 0.3) is 6.08 Å². The lowest BCUT2D eigenvalue weighted by molar-refractivity contribution is 0.340. The molecule has 0 aliphatic rings. The second-order valence-electron chi connectivity index (χ2n) is 3.95. The normalized spacial score (nSPS) is 10.9. The van der Waals surface area contributed by atoms with Crippen molar-refractivity contribution in [3.63, 3.8) is 0 Å². The maximum absolute atomic E-state index is 5.46. The highest BCUT2D eigenvalue weighted by Gasteiger charge is 1.92. The molecule has 0 spiro atoms. The molecule has 0 radical (unpaired) electrons. The standard InChI is InChI=1S/C15H23NO/c1-3-11-16-12-6-5-8-14-9-7-10-15(13-14)17-4-2/h5,7-10,13,16H,3-4,6,11-12H2,1-2H3. The van der Waals surface area contributed by atoms with Gasteiger partial charge in [-0.25, -0.2) is 0 Å². The Labute approximate surface area is 105 Å². The quantitative estimate of drug-likeness (QED) is 0.694. The number of ether oxygens (including phenoxy) is 1. The smallest absolute Gasteiger partial charge is 0.119 e. The fourth-order valence-electron chi connectivity index (χ4n) is 1.58. The van der Waals surface area contributed by atoms with Crippen LogP contribution in [0.4, 0.5) is 0 Å². The maximum atomic E-state index is 5.46. The summed E-state index contributed by atoms with van der Waals surface area (Å²) in [6.07, 6.45) is 6.61. The number of hydrogen-bond donors (Lipinski definition) is 1. The second kappa shape index (κ2) is 8.82. The van der Waals surface area contributed by atoms with Gasteiger partial charge in [0.25, 0.3) is 0 Å². The minimum absolute atomic E-state index is 0.716. The summed E-state index contributed by atoms with van der Waals surface area (Å²) in [4.78, 5) is 0. The molecule has 0 aliphatic carbocycles. The topological polar surface area (TPSA) is 21.3 Å². The Morgan fingerprint density at radius 2 is 2.12 bits per heavy atom. The van der Waals surface area contributed by atoms with Crippen molar-refractivity contribution in [3.05, 3.63) is 35.9 Å².